The average Bonchev–Trinajstić information content (AvgIpc) is 2.77. The van der Waals surface area contributed by atoms with Crippen LogP contribution in [0.2, 0.25) is 0 Å². The molecule has 0 saturated carbocycles. The first-order valence-electron chi connectivity index (χ1n) is 6.40. The van der Waals surface area contributed by atoms with Gasteiger partial charge in [-0.15, -0.1) is 0 Å². The summed E-state index contributed by atoms with van der Waals surface area (Å²) in [5, 5.41) is 3.86. The van der Waals surface area contributed by atoms with E-state index in [0.29, 0.717) is 17.2 Å². The van der Waals surface area contributed by atoms with E-state index in [-0.39, 0.29) is 0 Å². The normalized spacial score (nSPS) is 35.6. The summed E-state index contributed by atoms with van der Waals surface area (Å²) in [7, 11) is 0. The van der Waals surface area contributed by atoms with Gasteiger partial charge in [0.15, 0.2) is 0 Å². The first-order valence-corrected chi connectivity index (χ1v) is 7.33. The summed E-state index contributed by atoms with van der Waals surface area (Å²) in [6.45, 7) is 5.71. The van der Waals surface area contributed by atoms with E-state index >= 15 is 0 Å². The highest BCUT2D eigenvalue weighted by Gasteiger charge is 2.33. The molecule has 0 aliphatic carbocycles. The zero-order valence-corrected chi connectivity index (χ0v) is 11.7. The summed E-state index contributed by atoms with van der Waals surface area (Å²) in [4.78, 5) is 3.71. The number of thiocarbonyl (C=S) groups is 1. The van der Waals surface area contributed by atoms with E-state index in [9.17, 15) is 0 Å². The Balaban J connectivity index is 1.89. The van der Waals surface area contributed by atoms with Crippen molar-refractivity contribution in [1.82, 2.24) is 10.2 Å². The van der Waals surface area contributed by atoms with E-state index in [1.54, 1.807) is 0 Å². The van der Waals surface area contributed by atoms with Gasteiger partial charge in [-0.1, -0.05) is 19.1 Å². The van der Waals surface area contributed by atoms with Gasteiger partial charge in [0.05, 0.1) is 4.99 Å². The predicted molar refractivity (Wildman–Crippen MR) is 76.4 cm³/mol. The van der Waals surface area contributed by atoms with Crippen LogP contribution in [0.1, 0.15) is 32.6 Å². The van der Waals surface area contributed by atoms with Gasteiger partial charge in [0.25, 0.3) is 0 Å². The van der Waals surface area contributed by atoms with Crippen molar-refractivity contribution in [3.05, 3.63) is 0 Å². The smallest absolute Gasteiger partial charge is 0.0786 e. The molecule has 2 unspecified atom stereocenters. The summed E-state index contributed by atoms with van der Waals surface area (Å²) in [5.41, 5.74) is 0. The maximum Gasteiger partial charge on any atom is 0.0786 e. The maximum atomic E-state index is 5.36. The van der Waals surface area contributed by atoms with Crippen LogP contribution in [-0.2, 0) is 0 Å². The molecule has 0 aromatic heterocycles. The van der Waals surface area contributed by atoms with Gasteiger partial charge in [-0.3, -0.25) is 4.90 Å². The molecular formula is C12H22N2S2. The maximum absolute atomic E-state index is 5.36. The molecule has 0 amide bonds. The van der Waals surface area contributed by atoms with Crippen LogP contribution >= 0.6 is 24.8 Å². The van der Waals surface area contributed by atoms with Crippen LogP contribution in [0.5, 0.6) is 0 Å². The standard InChI is InChI=1S/C12H22N2S2/c1-2-5-14-8-11(15)7-10(14)6-9-3-4-13-12(9)16/h9-11,15H,2-8H2,1H3,(H,13,16)/t9?,10-,11?/m1/s1. The Morgan fingerprint density at radius 1 is 1.56 bits per heavy atom. The first kappa shape index (κ1) is 12.7. The van der Waals surface area contributed by atoms with Gasteiger partial charge in [-0.25, -0.2) is 0 Å². The summed E-state index contributed by atoms with van der Waals surface area (Å²) < 4.78 is 0. The minimum atomic E-state index is 0.569. The molecule has 2 fully saturated rings. The molecule has 92 valence electrons. The molecule has 2 rings (SSSR count). The highest BCUT2D eigenvalue weighted by molar-refractivity contribution is 7.81. The van der Waals surface area contributed by atoms with Crippen molar-refractivity contribution in [3.8, 4) is 0 Å². The summed E-state index contributed by atoms with van der Waals surface area (Å²) in [6.07, 6.45) is 4.95. The molecule has 2 saturated heterocycles. The Morgan fingerprint density at radius 3 is 3.00 bits per heavy atom. The average molecular weight is 258 g/mol. The summed E-state index contributed by atoms with van der Waals surface area (Å²) >= 11 is 9.99. The molecule has 2 heterocycles. The number of thiol groups is 1. The van der Waals surface area contributed by atoms with Crippen molar-refractivity contribution in [3.63, 3.8) is 0 Å². The third-order valence-corrected chi connectivity index (χ3v) is 4.59. The minimum Gasteiger partial charge on any atom is -0.379 e. The largest absolute Gasteiger partial charge is 0.379 e. The summed E-state index contributed by atoms with van der Waals surface area (Å²) in [6, 6.07) is 0.713. The molecule has 1 N–H and O–H groups in total. The van der Waals surface area contributed by atoms with Crippen molar-refractivity contribution in [2.75, 3.05) is 19.6 Å². The fraction of sp³-hybridized carbons (Fsp3) is 0.917. The third-order valence-electron chi connectivity index (χ3n) is 3.74. The van der Waals surface area contributed by atoms with Crippen LogP contribution in [-0.4, -0.2) is 40.8 Å². The molecule has 3 atom stereocenters. The lowest BCUT2D eigenvalue weighted by molar-refractivity contribution is 0.232. The molecule has 2 aliphatic rings. The summed E-state index contributed by atoms with van der Waals surface area (Å²) in [5.74, 6) is 0.623. The van der Waals surface area contributed by atoms with E-state index in [4.69, 9.17) is 12.2 Å². The lowest BCUT2D eigenvalue weighted by Crippen LogP contribution is -2.33. The van der Waals surface area contributed by atoms with E-state index in [1.165, 1.54) is 32.2 Å². The van der Waals surface area contributed by atoms with Gasteiger partial charge in [0.2, 0.25) is 0 Å². The van der Waals surface area contributed by atoms with Gasteiger partial charge in [-0.05, 0) is 32.2 Å². The number of nitrogens with one attached hydrogen (secondary N) is 1. The minimum absolute atomic E-state index is 0.569. The van der Waals surface area contributed by atoms with Crippen LogP contribution < -0.4 is 5.32 Å². The number of hydrogen-bond donors (Lipinski definition) is 2. The molecule has 0 aromatic carbocycles. The van der Waals surface area contributed by atoms with Gasteiger partial charge in [0.1, 0.15) is 0 Å². The van der Waals surface area contributed by atoms with Gasteiger partial charge < -0.3 is 5.32 Å². The number of likely N-dealkylation sites (tertiary alicyclic amines) is 1. The zero-order chi connectivity index (χ0) is 11.5. The fourth-order valence-electron chi connectivity index (χ4n) is 2.96. The second-order valence-corrected chi connectivity index (χ2v) is 6.22. The third kappa shape index (κ3) is 2.90. The molecule has 0 aromatic rings. The van der Waals surface area contributed by atoms with E-state index in [2.05, 4.69) is 29.8 Å². The van der Waals surface area contributed by atoms with Crippen molar-refractivity contribution in [1.29, 1.82) is 0 Å². The monoisotopic (exact) mass is 258 g/mol. The Hall–Kier alpha value is 0.200. The number of nitrogens with zero attached hydrogens (tertiary/aromatic N) is 1. The van der Waals surface area contributed by atoms with Gasteiger partial charge in [-0.2, -0.15) is 12.6 Å². The molecule has 0 radical (unpaired) electrons. The molecular weight excluding hydrogens is 236 g/mol. The Kier molecular flexibility index (Phi) is 4.50. The second kappa shape index (κ2) is 5.69. The van der Waals surface area contributed by atoms with Crippen LogP contribution in [0.15, 0.2) is 0 Å². The highest BCUT2D eigenvalue weighted by atomic mass is 32.1. The molecule has 2 aliphatic heterocycles. The molecule has 0 spiro atoms. The second-order valence-electron chi connectivity index (χ2n) is 5.05. The molecule has 4 heteroatoms. The SMILES string of the molecule is CCCN1CC(S)C[C@H]1CC1CCNC1=S. The van der Waals surface area contributed by atoms with Crippen molar-refractivity contribution < 1.29 is 0 Å². The van der Waals surface area contributed by atoms with Gasteiger partial charge in [0, 0.05) is 30.3 Å². The Labute approximate surface area is 110 Å². The fourth-order valence-corrected chi connectivity index (χ4v) is 3.73. The van der Waals surface area contributed by atoms with E-state index in [1.807, 2.05) is 0 Å². The first-order chi connectivity index (χ1) is 7.70. The number of hydrogen-bond acceptors (Lipinski definition) is 3. The van der Waals surface area contributed by atoms with Crippen LogP contribution in [0.4, 0.5) is 0 Å². The van der Waals surface area contributed by atoms with Crippen molar-refractivity contribution in [2.45, 2.75) is 43.9 Å². The van der Waals surface area contributed by atoms with Crippen molar-refractivity contribution >= 4 is 29.8 Å². The lowest BCUT2D eigenvalue weighted by atomic mass is 9.97. The topological polar surface area (TPSA) is 15.3 Å². The lowest BCUT2D eigenvalue weighted by Gasteiger charge is -2.25. The predicted octanol–water partition coefficient (Wildman–Crippen LogP) is 2.10. The number of rotatable bonds is 4. The van der Waals surface area contributed by atoms with Crippen LogP contribution in [0.3, 0.4) is 0 Å². The van der Waals surface area contributed by atoms with Crippen LogP contribution in [0.25, 0.3) is 0 Å². The van der Waals surface area contributed by atoms with Crippen molar-refractivity contribution in [2.24, 2.45) is 5.92 Å². The van der Waals surface area contributed by atoms with E-state index < -0.39 is 0 Å². The van der Waals surface area contributed by atoms with E-state index in [0.717, 1.165) is 18.1 Å². The zero-order valence-electron chi connectivity index (χ0n) is 9.98. The molecule has 16 heavy (non-hydrogen) atoms. The molecule has 2 nitrogen and oxygen atoms in total. The van der Waals surface area contributed by atoms with Gasteiger partial charge >= 0.3 is 0 Å². The Bertz CT molecular complexity index is 257. The quantitative estimate of drug-likeness (QED) is 0.593. The Morgan fingerprint density at radius 2 is 2.38 bits per heavy atom. The highest BCUT2D eigenvalue weighted by Crippen LogP contribution is 2.29. The van der Waals surface area contributed by atoms with Crippen LogP contribution in [0, 0.1) is 5.92 Å². The molecule has 0 bridgehead atoms.